The minimum absolute atomic E-state index is 0.313. The molecule has 0 saturated carbocycles. The molecule has 0 radical (unpaired) electrons. The van der Waals surface area contributed by atoms with Crippen LogP contribution in [-0.4, -0.2) is 30.5 Å². The molecular weight excluding hydrogens is 278 g/mol. The highest BCUT2D eigenvalue weighted by atomic mass is 32.1. The third-order valence-corrected chi connectivity index (χ3v) is 3.28. The van der Waals surface area contributed by atoms with Gasteiger partial charge in [0.05, 0.1) is 6.42 Å². The average molecular weight is 293 g/mol. The lowest BCUT2D eigenvalue weighted by atomic mass is 10.2. The van der Waals surface area contributed by atoms with Crippen LogP contribution in [0.4, 0.5) is 11.4 Å². The number of thiol groups is 1. The van der Waals surface area contributed by atoms with Crippen molar-refractivity contribution in [2.75, 3.05) is 24.5 Å². The Labute approximate surface area is 122 Å². The third kappa shape index (κ3) is 3.74. The van der Waals surface area contributed by atoms with Crippen LogP contribution in [0.2, 0.25) is 0 Å². The molecule has 6 nitrogen and oxygen atoms in total. The van der Waals surface area contributed by atoms with Gasteiger partial charge in [-0.25, -0.2) is 0 Å². The van der Waals surface area contributed by atoms with E-state index in [1.54, 1.807) is 12.1 Å². The fourth-order valence-corrected chi connectivity index (χ4v) is 2.04. The van der Waals surface area contributed by atoms with Crippen molar-refractivity contribution in [1.29, 1.82) is 0 Å². The molecule has 1 aliphatic heterocycles. The van der Waals surface area contributed by atoms with Crippen LogP contribution in [0.5, 0.6) is 0 Å². The molecule has 1 aliphatic rings. The van der Waals surface area contributed by atoms with Crippen LogP contribution in [0.3, 0.4) is 0 Å². The van der Waals surface area contributed by atoms with Gasteiger partial charge in [0.2, 0.25) is 0 Å². The number of anilines is 1. The van der Waals surface area contributed by atoms with E-state index < -0.39 is 0 Å². The second-order valence-electron chi connectivity index (χ2n) is 4.35. The maximum Gasteiger partial charge on any atom is 0.319 e. The maximum atomic E-state index is 11.0. The molecule has 1 heterocycles. The highest BCUT2D eigenvalue weighted by molar-refractivity contribution is 7.75. The Bertz CT molecular complexity index is 504. The molecule has 0 unspecified atom stereocenters. The van der Waals surface area contributed by atoms with Crippen molar-refractivity contribution >= 4 is 30.3 Å². The first-order valence-electron chi connectivity index (χ1n) is 6.19. The summed E-state index contributed by atoms with van der Waals surface area (Å²) in [5, 5.41) is 2.87. The first-order valence-corrected chi connectivity index (χ1v) is 6.56. The Morgan fingerprint density at radius 3 is 2.55 bits per heavy atom. The Kier molecular flexibility index (Phi) is 5.00. The van der Waals surface area contributed by atoms with E-state index in [1.807, 2.05) is 29.4 Å². The van der Waals surface area contributed by atoms with E-state index in [0.29, 0.717) is 18.7 Å². The zero-order chi connectivity index (χ0) is 14.4. The number of carbonyl (C=O) groups excluding carboxylic acids is 1. The second-order valence-corrected chi connectivity index (χ2v) is 4.53. The van der Waals surface area contributed by atoms with Gasteiger partial charge in [-0.2, -0.15) is 0 Å². The highest BCUT2D eigenvalue weighted by Crippen LogP contribution is 2.21. The number of nitrogens with zero attached hydrogens (tertiary/aromatic N) is 3. The van der Waals surface area contributed by atoms with Crippen LogP contribution in [0, 0.1) is 4.91 Å². The Hall–Kier alpha value is -2.02. The molecule has 1 aromatic rings. The molecule has 2 rings (SSSR count). The van der Waals surface area contributed by atoms with Gasteiger partial charge in [0, 0.05) is 50.6 Å². The average Bonchev–Trinajstić information content (AvgIpc) is 2.53. The molecule has 7 heteroatoms. The summed E-state index contributed by atoms with van der Waals surface area (Å²) in [5.41, 5.74) is 1.42. The summed E-state index contributed by atoms with van der Waals surface area (Å²) in [5.74, 6) is -0.332. The van der Waals surface area contributed by atoms with Gasteiger partial charge in [0.25, 0.3) is 0 Å². The number of carbonyl (C=O) groups is 1. The molecule has 0 aromatic heterocycles. The van der Waals surface area contributed by atoms with Crippen molar-refractivity contribution in [1.82, 2.24) is 4.90 Å². The number of rotatable bonds is 5. The van der Waals surface area contributed by atoms with Gasteiger partial charge in [0.1, 0.15) is 5.69 Å². The van der Waals surface area contributed by atoms with E-state index in [0.717, 1.165) is 18.8 Å². The van der Waals surface area contributed by atoms with Gasteiger partial charge in [-0.1, -0.05) is 0 Å². The van der Waals surface area contributed by atoms with Gasteiger partial charge in [-0.15, -0.1) is 4.91 Å². The van der Waals surface area contributed by atoms with Crippen LogP contribution >= 0.6 is 12.9 Å². The Morgan fingerprint density at radius 1 is 1.25 bits per heavy atom. The number of hydrogen-bond donors (Lipinski definition) is 1. The van der Waals surface area contributed by atoms with E-state index in [4.69, 9.17) is 0 Å². The maximum absolute atomic E-state index is 11.0. The van der Waals surface area contributed by atoms with Crippen LogP contribution in [-0.2, 0) is 8.98 Å². The summed E-state index contributed by atoms with van der Waals surface area (Å²) >= 11 is 3.47. The van der Waals surface area contributed by atoms with Crippen LogP contribution < -0.4 is 4.90 Å². The summed E-state index contributed by atoms with van der Waals surface area (Å²) in [4.78, 5) is 25.5. The lowest BCUT2D eigenvalue weighted by Gasteiger charge is -2.31. The predicted molar refractivity (Wildman–Crippen MR) is 79.7 cm³/mol. The molecule has 20 heavy (non-hydrogen) atoms. The third-order valence-electron chi connectivity index (χ3n) is 3.08. The predicted octanol–water partition coefficient (Wildman–Crippen LogP) is 2.46. The van der Waals surface area contributed by atoms with Crippen molar-refractivity contribution in [2.24, 2.45) is 5.18 Å². The monoisotopic (exact) mass is 293 g/mol. The van der Waals surface area contributed by atoms with Crippen LogP contribution in [0.15, 0.2) is 41.8 Å². The van der Waals surface area contributed by atoms with Crippen molar-refractivity contribution in [3.63, 3.8) is 0 Å². The van der Waals surface area contributed by atoms with E-state index >= 15 is 0 Å². The Balaban J connectivity index is 1.90. The molecule has 0 spiro atoms. The lowest BCUT2D eigenvalue weighted by molar-refractivity contribution is -0.133. The summed E-state index contributed by atoms with van der Waals surface area (Å²) in [6, 6.07) is 7.08. The summed E-state index contributed by atoms with van der Waals surface area (Å²) in [6.45, 7) is 2.22. The van der Waals surface area contributed by atoms with Gasteiger partial charge in [-0.3, -0.25) is 4.79 Å². The molecule has 106 valence electrons. The summed E-state index contributed by atoms with van der Waals surface area (Å²) in [7, 11) is 0. The zero-order valence-corrected chi connectivity index (χ0v) is 11.7. The van der Waals surface area contributed by atoms with Crippen molar-refractivity contribution in [2.45, 2.75) is 6.42 Å². The minimum Gasteiger partial charge on any atom is -0.395 e. The molecule has 0 atom stereocenters. The SMILES string of the molecule is O=Nc1ccc(N2C=CN(CCC(=O)OS)CC2)cc1. The first-order chi connectivity index (χ1) is 9.72. The second kappa shape index (κ2) is 6.95. The van der Waals surface area contributed by atoms with Gasteiger partial charge < -0.3 is 14.0 Å². The largest absolute Gasteiger partial charge is 0.395 e. The van der Waals surface area contributed by atoms with Crippen molar-refractivity contribution < 1.29 is 8.98 Å². The molecule has 0 aliphatic carbocycles. The van der Waals surface area contributed by atoms with Gasteiger partial charge in [-0.05, 0) is 29.4 Å². The smallest absolute Gasteiger partial charge is 0.319 e. The van der Waals surface area contributed by atoms with E-state index in [-0.39, 0.29) is 5.97 Å². The van der Waals surface area contributed by atoms with Gasteiger partial charge in [0.15, 0.2) is 0 Å². The normalized spacial score (nSPS) is 14.2. The highest BCUT2D eigenvalue weighted by Gasteiger charge is 2.12. The molecule has 0 bridgehead atoms. The van der Waals surface area contributed by atoms with E-state index in [2.05, 4.69) is 27.2 Å². The molecule has 0 saturated heterocycles. The summed E-state index contributed by atoms with van der Waals surface area (Å²) in [6.07, 6.45) is 4.19. The quantitative estimate of drug-likeness (QED) is 0.513. The lowest BCUT2D eigenvalue weighted by Crippen LogP contribution is -2.35. The molecule has 1 aromatic carbocycles. The standard InChI is InChI=1S/C13H15N3O3S/c17-13(19-20)5-6-15-7-9-16(10-8-15)12-3-1-11(14-18)2-4-12/h1-4,7,9,20H,5-6,8,10H2. The van der Waals surface area contributed by atoms with Crippen molar-refractivity contribution in [3.05, 3.63) is 41.6 Å². The summed E-state index contributed by atoms with van der Waals surface area (Å²) < 4.78 is 4.31. The first kappa shape index (κ1) is 14.4. The van der Waals surface area contributed by atoms with Crippen molar-refractivity contribution in [3.8, 4) is 0 Å². The van der Waals surface area contributed by atoms with Gasteiger partial charge >= 0.3 is 5.97 Å². The fourth-order valence-electron chi connectivity index (χ4n) is 1.95. The number of nitroso groups, excluding NO2 is 1. The molecular formula is C13H15N3O3S. The Morgan fingerprint density at radius 2 is 2.00 bits per heavy atom. The molecule has 0 fully saturated rings. The van der Waals surface area contributed by atoms with Crippen LogP contribution in [0.25, 0.3) is 0 Å². The van der Waals surface area contributed by atoms with Crippen LogP contribution in [0.1, 0.15) is 6.42 Å². The molecule has 0 N–H and O–H groups in total. The number of benzene rings is 1. The van der Waals surface area contributed by atoms with E-state index in [9.17, 15) is 9.70 Å². The minimum atomic E-state index is -0.332. The molecule has 0 amide bonds. The van der Waals surface area contributed by atoms with E-state index in [1.165, 1.54) is 0 Å². The zero-order valence-electron chi connectivity index (χ0n) is 10.8. The fraction of sp³-hybridized carbons (Fsp3) is 0.308. The number of hydrogen-bond acceptors (Lipinski definition) is 7. The topological polar surface area (TPSA) is 62.2 Å².